The Kier molecular flexibility index (Phi) is 12.4. The molecule has 0 spiro atoms. The van der Waals surface area contributed by atoms with Crippen LogP contribution in [-0.4, -0.2) is 56.0 Å². The second-order valence-corrected chi connectivity index (χ2v) is 21.6. The maximum Gasteiger partial charge on any atom is 0.229 e. The standard InChI is InChI=1S/C40H53N3O6SSi/c1-39(2,42-27-33(25-40(3,4)51(6,7)49)32-19-20-37(45)35(23-32)43-50(5,47)48)24-30-12-10-11-29(21-30)22-38(46)41-26-28-15-17-31(18-16-28)34-13-8-9-14-36(34)44/h8-21,23,33,42-45,49H,22,24-27H2,1-7H3,(H,41,46)/t33-/m0/s1. The van der Waals surface area contributed by atoms with Crippen molar-refractivity contribution in [1.82, 2.24) is 10.6 Å². The van der Waals surface area contributed by atoms with E-state index < -0.39 is 18.3 Å². The van der Waals surface area contributed by atoms with E-state index in [0.717, 1.165) is 39.6 Å². The average Bonchev–Trinajstić information content (AvgIpc) is 3.02. The second-order valence-electron chi connectivity index (χ2n) is 15.4. The smallest absolute Gasteiger partial charge is 0.229 e. The first-order chi connectivity index (χ1) is 23.7. The van der Waals surface area contributed by atoms with E-state index in [1.165, 1.54) is 6.07 Å². The number of carbonyl (C=O) groups excluding carboxylic acids is 1. The number of hydrogen-bond acceptors (Lipinski definition) is 7. The average molecular weight is 732 g/mol. The van der Waals surface area contributed by atoms with Crippen LogP contribution in [-0.2, 0) is 34.2 Å². The van der Waals surface area contributed by atoms with Gasteiger partial charge in [-0.2, -0.15) is 0 Å². The minimum atomic E-state index is -3.60. The van der Waals surface area contributed by atoms with Gasteiger partial charge in [0.1, 0.15) is 11.5 Å². The molecule has 0 saturated carbocycles. The topological polar surface area (TPSA) is 148 Å². The molecule has 11 heteroatoms. The molecule has 0 aliphatic carbocycles. The minimum Gasteiger partial charge on any atom is -0.507 e. The lowest BCUT2D eigenvalue weighted by atomic mass is 9.87. The van der Waals surface area contributed by atoms with Gasteiger partial charge < -0.3 is 25.6 Å². The van der Waals surface area contributed by atoms with E-state index >= 15 is 0 Å². The van der Waals surface area contributed by atoms with Crippen LogP contribution in [0.15, 0.2) is 91.0 Å². The molecule has 0 unspecified atom stereocenters. The Morgan fingerprint density at radius 1 is 0.824 bits per heavy atom. The van der Waals surface area contributed by atoms with Gasteiger partial charge in [-0.15, -0.1) is 0 Å². The Morgan fingerprint density at radius 3 is 2.14 bits per heavy atom. The summed E-state index contributed by atoms with van der Waals surface area (Å²) in [4.78, 5) is 24.0. The highest BCUT2D eigenvalue weighted by Gasteiger charge is 2.40. The predicted molar refractivity (Wildman–Crippen MR) is 209 cm³/mol. The molecule has 0 fully saturated rings. The van der Waals surface area contributed by atoms with Crippen molar-refractivity contribution in [2.75, 3.05) is 17.5 Å². The van der Waals surface area contributed by atoms with Crippen LogP contribution in [0.5, 0.6) is 11.5 Å². The first kappa shape index (κ1) is 39.6. The Hall–Kier alpha value is -4.16. The number of nitrogens with one attached hydrogen (secondary N) is 3. The van der Waals surface area contributed by atoms with Gasteiger partial charge in [0, 0.05) is 24.2 Å². The van der Waals surface area contributed by atoms with Crippen LogP contribution < -0.4 is 15.4 Å². The van der Waals surface area contributed by atoms with E-state index in [1.807, 2.05) is 67.7 Å². The summed E-state index contributed by atoms with van der Waals surface area (Å²) in [6.45, 7) is 13.2. The lowest BCUT2D eigenvalue weighted by Crippen LogP contribution is -2.45. The molecule has 0 aliphatic heterocycles. The van der Waals surface area contributed by atoms with Crippen molar-refractivity contribution in [3.05, 3.63) is 113 Å². The number of aromatic hydroxyl groups is 2. The summed E-state index contributed by atoms with van der Waals surface area (Å²) in [7, 11) is -6.17. The van der Waals surface area contributed by atoms with Crippen molar-refractivity contribution < 1.29 is 28.2 Å². The predicted octanol–water partition coefficient (Wildman–Crippen LogP) is 7.06. The third-order valence-electron chi connectivity index (χ3n) is 9.69. The molecule has 4 rings (SSSR count). The number of sulfonamides is 1. The summed E-state index contributed by atoms with van der Waals surface area (Å²) in [6.07, 6.45) is 2.64. The van der Waals surface area contributed by atoms with Crippen molar-refractivity contribution in [2.24, 2.45) is 0 Å². The van der Waals surface area contributed by atoms with Gasteiger partial charge in [0.05, 0.1) is 18.4 Å². The van der Waals surface area contributed by atoms with Crippen molar-refractivity contribution in [3.63, 3.8) is 0 Å². The largest absolute Gasteiger partial charge is 0.507 e. The zero-order valence-electron chi connectivity index (χ0n) is 30.7. The maximum atomic E-state index is 12.9. The highest BCUT2D eigenvalue weighted by Crippen LogP contribution is 2.45. The molecule has 0 radical (unpaired) electrons. The van der Waals surface area contributed by atoms with Gasteiger partial charge in [0.25, 0.3) is 0 Å². The van der Waals surface area contributed by atoms with Crippen LogP contribution in [0.1, 0.15) is 62.3 Å². The monoisotopic (exact) mass is 731 g/mol. The number of rotatable bonds is 16. The zero-order chi connectivity index (χ0) is 37.6. The van der Waals surface area contributed by atoms with Gasteiger partial charge in [-0.05, 0) is 96.8 Å². The van der Waals surface area contributed by atoms with Gasteiger partial charge in [-0.25, -0.2) is 8.42 Å². The first-order valence-corrected chi connectivity index (χ1v) is 22.1. The number of phenols is 2. The van der Waals surface area contributed by atoms with Crippen molar-refractivity contribution in [2.45, 2.75) is 83.1 Å². The Balaban J connectivity index is 1.40. The Labute approximate surface area is 304 Å². The summed E-state index contributed by atoms with van der Waals surface area (Å²) in [5.74, 6) is -0.0876. The highest BCUT2D eigenvalue weighted by molar-refractivity contribution is 7.92. The molecule has 1 atom stereocenters. The molecule has 6 N–H and O–H groups in total. The summed E-state index contributed by atoms with van der Waals surface area (Å²) in [5.41, 5.74) is 5.27. The lowest BCUT2D eigenvalue weighted by Gasteiger charge is -2.39. The summed E-state index contributed by atoms with van der Waals surface area (Å²) < 4.78 is 26.3. The van der Waals surface area contributed by atoms with Crippen LogP contribution in [0.3, 0.4) is 0 Å². The molecule has 0 saturated heterocycles. The maximum absolute atomic E-state index is 12.9. The van der Waals surface area contributed by atoms with Gasteiger partial charge >= 0.3 is 0 Å². The van der Waals surface area contributed by atoms with Crippen LogP contribution in [0.25, 0.3) is 11.1 Å². The van der Waals surface area contributed by atoms with E-state index in [1.54, 1.807) is 18.2 Å². The van der Waals surface area contributed by atoms with Gasteiger partial charge in [-0.1, -0.05) is 86.6 Å². The SMILES string of the molecule is CC(C)(Cc1cccc(CC(=O)NCc2ccc(-c3ccccc3O)cc2)c1)NC[C@H](CC(C)(C)[Si](C)(C)O)c1ccc(O)c(NS(C)(=O)=O)c1. The number of phenolic OH excluding ortho intramolecular Hbond substituents is 2. The Bertz CT molecular complexity index is 1920. The van der Waals surface area contributed by atoms with Crippen LogP contribution in [0, 0.1) is 0 Å². The van der Waals surface area contributed by atoms with E-state index in [0.29, 0.717) is 25.9 Å². The third kappa shape index (κ3) is 11.7. The summed E-state index contributed by atoms with van der Waals surface area (Å²) in [5, 5.41) is 26.9. The van der Waals surface area contributed by atoms with E-state index in [4.69, 9.17) is 0 Å². The molecule has 51 heavy (non-hydrogen) atoms. The lowest BCUT2D eigenvalue weighted by molar-refractivity contribution is -0.120. The molecular weight excluding hydrogens is 679 g/mol. The quantitative estimate of drug-likeness (QED) is 0.0534. The Morgan fingerprint density at radius 2 is 1.49 bits per heavy atom. The molecule has 9 nitrogen and oxygen atoms in total. The fourth-order valence-electron chi connectivity index (χ4n) is 6.05. The number of anilines is 1. The number of hydrogen-bond donors (Lipinski definition) is 6. The number of benzene rings is 4. The van der Waals surface area contributed by atoms with Crippen LogP contribution in [0.4, 0.5) is 5.69 Å². The second kappa shape index (κ2) is 16.0. The summed E-state index contributed by atoms with van der Waals surface area (Å²) in [6, 6.07) is 28.0. The number of amides is 1. The third-order valence-corrected chi connectivity index (χ3v) is 13.8. The van der Waals surface area contributed by atoms with Crippen molar-refractivity contribution >= 4 is 29.9 Å². The van der Waals surface area contributed by atoms with Crippen molar-refractivity contribution in [3.8, 4) is 22.6 Å². The highest BCUT2D eigenvalue weighted by atomic mass is 32.2. The first-order valence-electron chi connectivity index (χ1n) is 17.2. The summed E-state index contributed by atoms with van der Waals surface area (Å²) >= 11 is 0. The molecule has 0 bridgehead atoms. The molecule has 0 aliphatic rings. The van der Waals surface area contributed by atoms with Gasteiger partial charge in [0.15, 0.2) is 8.32 Å². The molecular formula is C40H53N3O6SSi. The van der Waals surface area contributed by atoms with Gasteiger partial charge in [0.2, 0.25) is 15.9 Å². The molecule has 4 aromatic rings. The van der Waals surface area contributed by atoms with E-state index in [2.05, 4.69) is 55.2 Å². The van der Waals surface area contributed by atoms with E-state index in [9.17, 15) is 28.2 Å². The van der Waals surface area contributed by atoms with Crippen molar-refractivity contribution in [1.29, 1.82) is 0 Å². The normalized spacial score (nSPS) is 13.1. The van der Waals surface area contributed by atoms with E-state index in [-0.39, 0.29) is 46.0 Å². The zero-order valence-corrected chi connectivity index (χ0v) is 32.6. The fourth-order valence-corrected chi connectivity index (χ4v) is 7.36. The molecule has 0 aromatic heterocycles. The number of para-hydroxylation sites is 1. The van der Waals surface area contributed by atoms with Crippen LogP contribution in [0.2, 0.25) is 18.1 Å². The fraction of sp³-hybridized carbons (Fsp3) is 0.375. The van der Waals surface area contributed by atoms with Gasteiger partial charge in [-0.3, -0.25) is 9.52 Å². The molecule has 274 valence electrons. The van der Waals surface area contributed by atoms with Crippen LogP contribution >= 0.6 is 0 Å². The molecule has 4 aromatic carbocycles. The minimum absolute atomic E-state index is 0.0752. The number of carbonyl (C=O) groups is 1. The molecule has 0 heterocycles. The molecule has 1 amide bonds.